The largest absolute Gasteiger partial charge is 0.466 e. The number of piperidine rings is 1. The summed E-state index contributed by atoms with van der Waals surface area (Å²) in [6.07, 6.45) is -1.10. The molecular weight excluding hydrogens is 296 g/mol. The van der Waals surface area contributed by atoms with Crippen LogP contribution in [0.2, 0.25) is 0 Å². The molecule has 0 aromatic heterocycles. The fourth-order valence-electron chi connectivity index (χ4n) is 2.36. The highest BCUT2D eigenvalue weighted by molar-refractivity contribution is 5.70. The van der Waals surface area contributed by atoms with Gasteiger partial charge in [0, 0.05) is 19.0 Å². The predicted molar refractivity (Wildman–Crippen MR) is 76.7 cm³/mol. The molecule has 1 fully saturated rings. The maximum Gasteiger partial charge on any atom is 0.410 e. The van der Waals surface area contributed by atoms with E-state index < -0.39 is 35.9 Å². The second-order valence-corrected chi connectivity index (χ2v) is 6.48. The molecule has 0 N–H and O–H groups in total. The lowest BCUT2D eigenvalue weighted by molar-refractivity contribution is -0.157. The van der Waals surface area contributed by atoms with Crippen LogP contribution < -0.4 is 0 Å². The number of rotatable bonds is 4. The van der Waals surface area contributed by atoms with Gasteiger partial charge in [-0.15, -0.1) is 0 Å². The van der Waals surface area contributed by atoms with E-state index >= 15 is 0 Å². The van der Waals surface area contributed by atoms with Crippen molar-refractivity contribution in [3.05, 3.63) is 0 Å². The summed E-state index contributed by atoms with van der Waals surface area (Å²) in [4.78, 5) is 24.6. The maximum absolute atomic E-state index is 14.0. The molecule has 0 atom stereocenters. The zero-order chi connectivity index (χ0) is 17.0. The fraction of sp³-hybridized carbons (Fsp3) is 0.867. The van der Waals surface area contributed by atoms with E-state index in [1.807, 2.05) is 0 Å². The number of nitrogens with zero attached hydrogens (tertiary/aromatic N) is 1. The summed E-state index contributed by atoms with van der Waals surface area (Å²) >= 11 is 0. The van der Waals surface area contributed by atoms with Crippen molar-refractivity contribution in [2.45, 2.75) is 58.5 Å². The summed E-state index contributed by atoms with van der Waals surface area (Å²) in [6.45, 7) is 7.35. The minimum atomic E-state index is -3.10. The topological polar surface area (TPSA) is 55.8 Å². The molecule has 1 aliphatic heterocycles. The van der Waals surface area contributed by atoms with Gasteiger partial charge in [-0.1, -0.05) is 0 Å². The quantitative estimate of drug-likeness (QED) is 0.746. The van der Waals surface area contributed by atoms with Crippen LogP contribution in [0.4, 0.5) is 13.6 Å². The molecule has 0 aliphatic carbocycles. The highest BCUT2D eigenvalue weighted by atomic mass is 19.3. The van der Waals surface area contributed by atoms with Crippen LogP contribution in [0.3, 0.4) is 0 Å². The smallest absolute Gasteiger partial charge is 0.410 e. The number of esters is 1. The van der Waals surface area contributed by atoms with Gasteiger partial charge in [-0.3, -0.25) is 4.79 Å². The van der Waals surface area contributed by atoms with Gasteiger partial charge < -0.3 is 14.4 Å². The van der Waals surface area contributed by atoms with Crippen molar-refractivity contribution in [3.8, 4) is 0 Å². The van der Waals surface area contributed by atoms with E-state index in [0.29, 0.717) is 0 Å². The molecule has 0 radical (unpaired) electrons. The van der Waals surface area contributed by atoms with E-state index in [0.717, 1.165) is 0 Å². The van der Waals surface area contributed by atoms with Gasteiger partial charge in [0.25, 0.3) is 5.92 Å². The summed E-state index contributed by atoms with van der Waals surface area (Å²) in [5.41, 5.74) is -0.609. The Hall–Kier alpha value is -1.40. The normalized spacial score (nSPS) is 17.3. The monoisotopic (exact) mass is 321 g/mol. The van der Waals surface area contributed by atoms with Gasteiger partial charge in [-0.2, -0.15) is 0 Å². The Morgan fingerprint density at radius 2 is 1.73 bits per heavy atom. The molecule has 0 aromatic rings. The number of ether oxygens (including phenoxy) is 2. The molecule has 0 bridgehead atoms. The Labute approximate surface area is 129 Å². The Bertz CT molecular complexity index is 399. The van der Waals surface area contributed by atoms with Gasteiger partial charge >= 0.3 is 12.1 Å². The molecule has 5 nitrogen and oxygen atoms in total. The van der Waals surface area contributed by atoms with Crippen LogP contribution in [0.5, 0.6) is 0 Å². The Morgan fingerprint density at radius 3 is 2.18 bits per heavy atom. The van der Waals surface area contributed by atoms with Crippen molar-refractivity contribution in [1.82, 2.24) is 4.90 Å². The van der Waals surface area contributed by atoms with Gasteiger partial charge in [-0.05, 0) is 40.5 Å². The van der Waals surface area contributed by atoms with Crippen LogP contribution in [0.15, 0.2) is 0 Å². The van der Waals surface area contributed by atoms with Crippen molar-refractivity contribution in [2.75, 3.05) is 19.7 Å². The zero-order valence-electron chi connectivity index (χ0n) is 13.7. The lowest BCUT2D eigenvalue weighted by Crippen LogP contribution is -2.45. The Kier molecular flexibility index (Phi) is 6.14. The van der Waals surface area contributed by atoms with Crippen LogP contribution in [0, 0.1) is 5.92 Å². The highest BCUT2D eigenvalue weighted by Crippen LogP contribution is 2.36. The van der Waals surface area contributed by atoms with Gasteiger partial charge in [0.2, 0.25) is 0 Å². The minimum absolute atomic E-state index is 0.0893. The maximum atomic E-state index is 14.0. The molecular formula is C15H25F2NO4. The molecule has 1 aliphatic rings. The predicted octanol–water partition coefficient (Wildman–Crippen LogP) is 3.22. The number of alkyl halides is 2. The summed E-state index contributed by atoms with van der Waals surface area (Å²) in [6, 6.07) is 0. The molecule has 7 heteroatoms. The van der Waals surface area contributed by atoms with Gasteiger partial charge in [-0.25, -0.2) is 13.6 Å². The van der Waals surface area contributed by atoms with Crippen LogP contribution in [0.25, 0.3) is 0 Å². The summed E-state index contributed by atoms with van der Waals surface area (Å²) in [5, 5.41) is 0. The SMILES string of the molecule is CCOC(=O)CC(F)(F)C1CCN(C(=O)OC(C)(C)C)CC1. The summed E-state index contributed by atoms with van der Waals surface area (Å²) in [7, 11) is 0. The lowest BCUT2D eigenvalue weighted by Gasteiger charge is -2.36. The number of carbonyl (C=O) groups excluding carboxylic acids is 2. The second kappa shape index (κ2) is 7.24. The van der Waals surface area contributed by atoms with E-state index in [1.165, 1.54) is 4.90 Å². The first-order valence-corrected chi connectivity index (χ1v) is 7.56. The molecule has 0 saturated carbocycles. The first kappa shape index (κ1) is 18.6. The van der Waals surface area contributed by atoms with Crippen LogP contribution >= 0.6 is 0 Å². The van der Waals surface area contributed by atoms with E-state index in [2.05, 4.69) is 4.74 Å². The summed E-state index contributed by atoms with van der Waals surface area (Å²) in [5.74, 6) is -4.91. The molecule has 0 spiro atoms. The first-order valence-electron chi connectivity index (χ1n) is 7.56. The number of hydrogen-bond donors (Lipinski definition) is 0. The molecule has 0 aromatic carbocycles. The number of amides is 1. The molecule has 128 valence electrons. The molecule has 1 heterocycles. The number of hydrogen-bond acceptors (Lipinski definition) is 4. The number of carbonyl (C=O) groups is 2. The average molecular weight is 321 g/mol. The van der Waals surface area contributed by atoms with Gasteiger partial charge in [0.05, 0.1) is 6.61 Å². The fourth-order valence-corrected chi connectivity index (χ4v) is 2.36. The van der Waals surface area contributed by atoms with Crippen molar-refractivity contribution >= 4 is 12.1 Å². The third-order valence-corrected chi connectivity index (χ3v) is 3.43. The first-order chi connectivity index (χ1) is 10.0. The van der Waals surface area contributed by atoms with Gasteiger partial charge in [0.15, 0.2) is 0 Å². The lowest BCUT2D eigenvalue weighted by atomic mass is 9.89. The highest BCUT2D eigenvalue weighted by Gasteiger charge is 2.44. The van der Waals surface area contributed by atoms with Crippen molar-refractivity contribution in [2.24, 2.45) is 5.92 Å². The van der Waals surface area contributed by atoms with Crippen molar-refractivity contribution < 1.29 is 27.8 Å². The van der Waals surface area contributed by atoms with Crippen molar-refractivity contribution in [3.63, 3.8) is 0 Å². The van der Waals surface area contributed by atoms with Crippen molar-refractivity contribution in [1.29, 1.82) is 0 Å². The van der Waals surface area contributed by atoms with E-state index in [1.54, 1.807) is 27.7 Å². The molecule has 1 rings (SSSR count). The zero-order valence-corrected chi connectivity index (χ0v) is 13.7. The number of likely N-dealkylation sites (tertiary alicyclic amines) is 1. The molecule has 22 heavy (non-hydrogen) atoms. The number of halogens is 2. The average Bonchev–Trinajstić information content (AvgIpc) is 2.36. The van der Waals surface area contributed by atoms with Crippen LogP contribution in [-0.4, -0.2) is 48.2 Å². The van der Waals surface area contributed by atoms with Crippen LogP contribution in [-0.2, 0) is 14.3 Å². The van der Waals surface area contributed by atoms with Crippen LogP contribution in [0.1, 0.15) is 47.0 Å². The third-order valence-electron chi connectivity index (χ3n) is 3.43. The Morgan fingerprint density at radius 1 is 1.18 bits per heavy atom. The van der Waals surface area contributed by atoms with E-state index in [-0.39, 0.29) is 32.5 Å². The Balaban J connectivity index is 2.50. The molecule has 0 unspecified atom stereocenters. The molecule has 1 amide bonds. The van der Waals surface area contributed by atoms with Gasteiger partial charge in [0.1, 0.15) is 12.0 Å². The third kappa shape index (κ3) is 5.77. The van der Waals surface area contributed by atoms with E-state index in [9.17, 15) is 18.4 Å². The second-order valence-electron chi connectivity index (χ2n) is 6.48. The molecule has 1 saturated heterocycles. The summed E-state index contributed by atoms with van der Waals surface area (Å²) < 4.78 is 37.9. The standard InChI is InChI=1S/C15H25F2NO4/c1-5-21-12(19)10-15(16,17)11-6-8-18(9-7-11)13(20)22-14(2,3)4/h11H,5-10H2,1-4H3. The van der Waals surface area contributed by atoms with E-state index in [4.69, 9.17) is 4.74 Å². The minimum Gasteiger partial charge on any atom is -0.466 e.